The zero-order valence-electron chi connectivity index (χ0n) is 12.9. The topological polar surface area (TPSA) is 68.0 Å². The van der Waals surface area contributed by atoms with Crippen LogP contribution in [0.4, 0.5) is 0 Å². The Labute approximate surface area is 158 Å². The van der Waals surface area contributed by atoms with Crippen molar-refractivity contribution in [1.82, 2.24) is 15.5 Å². The van der Waals surface area contributed by atoms with Crippen LogP contribution in [-0.2, 0) is 11.3 Å². The second kappa shape index (κ2) is 8.38. The van der Waals surface area contributed by atoms with E-state index in [9.17, 15) is 4.79 Å². The van der Waals surface area contributed by atoms with Crippen molar-refractivity contribution in [1.29, 1.82) is 0 Å². The first-order valence-electron chi connectivity index (χ1n) is 7.34. The van der Waals surface area contributed by atoms with E-state index in [0.717, 1.165) is 5.56 Å². The van der Waals surface area contributed by atoms with Gasteiger partial charge in [-0.1, -0.05) is 59.2 Å². The summed E-state index contributed by atoms with van der Waals surface area (Å²) in [5.74, 6) is 0.379. The smallest absolute Gasteiger partial charge is 0.277 e. The van der Waals surface area contributed by atoms with Crippen LogP contribution in [0.3, 0.4) is 0 Å². The van der Waals surface area contributed by atoms with Crippen LogP contribution in [-0.4, -0.2) is 21.9 Å². The largest absolute Gasteiger partial charge is 0.411 e. The summed E-state index contributed by atoms with van der Waals surface area (Å²) in [7, 11) is 0. The highest BCUT2D eigenvalue weighted by molar-refractivity contribution is 7.99. The first kappa shape index (κ1) is 17.8. The van der Waals surface area contributed by atoms with Gasteiger partial charge >= 0.3 is 0 Å². The Morgan fingerprint density at radius 2 is 1.84 bits per heavy atom. The molecule has 0 saturated carbocycles. The lowest BCUT2D eigenvalue weighted by Gasteiger charge is -2.04. The highest BCUT2D eigenvalue weighted by Crippen LogP contribution is 2.28. The summed E-state index contributed by atoms with van der Waals surface area (Å²) in [5.41, 5.74) is 1.64. The van der Waals surface area contributed by atoms with Crippen LogP contribution in [0.5, 0.6) is 0 Å². The molecule has 5 nitrogen and oxygen atoms in total. The van der Waals surface area contributed by atoms with E-state index in [1.54, 1.807) is 24.3 Å². The molecule has 0 atom stereocenters. The van der Waals surface area contributed by atoms with Gasteiger partial charge in [0, 0.05) is 11.6 Å². The number of hydrogen-bond acceptors (Lipinski definition) is 5. The molecule has 3 rings (SSSR count). The molecule has 1 N–H and O–H groups in total. The molecule has 25 heavy (non-hydrogen) atoms. The van der Waals surface area contributed by atoms with E-state index in [2.05, 4.69) is 15.5 Å². The average Bonchev–Trinajstić information content (AvgIpc) is 3.08. The second-order valence-corrected chi connectivity index (χ2v) is 6.82. The minimum absolute atomic E-state index is 0.127. The van der Waals surface area contributed by atoms with Crippen molar-refractivity contribution in [3.63, 3.8) is 0 Å². The van der Waals surface area contributed by atoms with Gasteiger partial charge in [-0.3, -0.25) is 4.79 Å². The molecule has 1 aromatic heterocycles. The number of nitrogens with zero attached hydrogens (tertiary/aromatic N) is 2. The van der Waals surface area contributed by atoms with Crippen molar-refractivity contribution in [2.45, 2.75) is 11.8 Å². The molecule has 0 aliphatic heterocycles. The van der Waals surface area contributed by atoms with E-state index in [0.29, 0.717) is 33.3 Å². The number of carbonyl (C=O) groups excluding carboxylic acids is 1. The van der Waals surface area contributed by atoms with Crippen LogP contribution in [0.2, 0.25) is 10.0 Å². The lowest BCUT2D eigenvalue weighted by molar-refractivity contribution is -0.118. The van der Waals surface area contributed by atoms with Crippen LogP contribution in [0, 0.1) is 0 Å². The lowest BCUT2D eigenvalue weighted by Crippen LogP contribution is -2.24. The van der Waals surface area contributed by atoms with Crippen molar-refractivity contribution < 1.29 is 9.21 Å². The molecule has 0 unspecified atom stereocenters. The SMILES string of the molecule is O=C(CSc1nnc(-c2ccccc2Cl)o1)NCc1ccc(Cl)cc1. The molecule has 0 fully saturated rings. The van der Waals surface area contributed by atoms with Crippen molar-refractivity contribution in [2.75, 3.05) is 5.75 Å². The first-order chi connectivity index (χ1) is 12.1. The molecule has 0 saturated heterocycles. The normalized spacial score (nSPS) is 10.6. The summed E-state index contributed by atoms with van der Waals surface area (Å²) >= 11 is 13.1. The quantitative estimate of drug-likeness (QED) is 0.626. The molecule has 0 spiro atoms. The van der Waals surface area contributed by atoms with E-state index >= 15 is 0 Å². The van der Waals surface area contributed by atoms with Gasteiger partial charge in [-0.05, 0) is 29.8 Å². The predicted molar refractivity (Wildman–Crippen MR) is 98.8 cm³/mol. The third kappa shape index (κ3) is 4.98. The molecule has 0 bridgehead atoms. The van der Waals surface area contributed by atoms with Crippen LogP contribution in [0.15, 0.2) is 58.2 Å². The molecule has 3 aromatic rings. The van der Waals surface area contributed by atoms with Gasteiger partial charge in [0.2, 0.25) is 11.8 Å². The van der Waals surface area contributed by atoms with E-state index in [1.807, 2.05) is 24.3 Å². The molecule has 1 amide bonds. The molecule has 128 valence electrons. The zero-order chi connectivity index (χ0) is 17.6. The van der Waals surface area contributed by atoms with Crippen molar-refractivity contribution in [2.24, 2.45) is 0 Å². The van der Waals surface area contributed by atoms with Gasteiger partial charge < -0.3 is 9.73 Å². The maximum absolute atomic E-state index is 11.9. The Bertz CT molecular complexity index is 868. The van der Waals surface area contributed by atoms with Crippen LogP contribution in [0.1, 0.15) is 5.56 Å². The van der Waals surface area contributed by atoms with Gasteiger partial charge in [0.15, 0.2) is 0 Å². The Hall–Kier alpha value is -2.02. The number of halogens is 2. The number of thioether (sulfide) groups is 1. The summed E-state index contributed by atoms with van der Waals surface area (Å²) in [4.78, 5) is 11.9. The average molecular weight is 394 g/mol. The minimum Gasteiger partial charge on any atom is -0.411 e. The molecular formula is C17H13Cl2N3O2S. The summed E-state index contributed by atoms with van der Waals surface area (Å²) in [6, 6.07) is 14.5. The Balaban J connectivity index is 1.51. The Morgan fingerprint density at radius 1 is 1.08 bits per heavy atom. The first-order valence-corrected chi connectivity index (χ1v) is 9.08. The second-order valence-electron chi connectivity index (χ2n) is 5.04. The minimum atomic E-state index is -0.127. The number of benzene rings is 2. The van der Waals surface area contributed by atoms with Gasteiger partial charge in [-0.15, -0.1) is 10.2 Å². The fourth-order valence-corrected chi connectivity index (χ4v) is 2.93. The number of carbonyl (C=O) groups is 1. The van der Waals surface area contributed by atoms with Crippen LogP contribution >= 0.6 is 35.0 Å². The molecule has 8 heteroatoms. The highest BCUT2D eigenvalue weighted by atomic mass is 35.5. The van der Waals surface area contributed by atoms with Crippen LogP contribution in [0.25, 0.3) is 11.5 Å². The Kier molecular flexibility index (Phi) is 5.96. The standard InChI is InChI=1S/C17H13Cl2N3O2S/c18-12-7-5-11(6-8-12)9-20-15(23)10-25-17-22-21-16(24-17)13-3-1-2-4-14(13)19/h1-8H,9-10H2,(H,20,23). The van der Waals surface area contributed by atoms with E-state index in [-0.39, 0.29) is 11.7 Å². The number of nitrogens with one attached hydrogen (secondary N) is 1. The third-order valence-electron chi connectivity index (χ3n) is 3.24. The van der Waals surface area contributed by atoms with Gasteiger partial charge in [0.1, 0.15) is 0 Å². The van der Waals surface area contributed by atoms with Gasteiger partial charge in [-0.25, -0.2) is 0 Å². The molecular weight excluding hydrogens is 381 g/mol. The van der Waals surface area contributed by atoms with Crippen molar-refractivity contribution in [3.8, 4) is 11.5 Å². The van der Waals surface area contributed by atoms with E-state index in [1.165, 1.54) is 11.8 Å². The lowest BCUT2D eigenvalue weighted by atomic mass is 10.2. The zero-order valence-corrected chi connectivity index (χ0v) is 15.2. The number of hydrogen-bond donors (Lipinski definition) is 1. The van der Waals surface area contributed by atoms with Crippen LogP contribution < -0.4 is 5.32 Å². The monoisotopic (exact) mass is 393 g/mol. The fraction of sp³-hybridized carbons (Fsp3) is 0.118. The fourth-order valence-electron chi connectivity index (χ4n) is 1.99. The summed E-state index contributed by atoms with van der Waals surface area (Å²) < 4.78 is 5.54. The Morgan fingerprint density at radius 3 is 2.60 bits per heavy atom. The van der Waals surface area contributed by atoms with E-state index < -0.39 is 0 Å². The molecule has 2 aromatic carbocycles. The van der Waals surface area contributed by atoms with Crippen molar-refractivity contribution in [3.05, 3.63) is 64.1 Å². The maximum Gasteiger partial charge on any atom is 0.277 e. The van der Waals surface area contributed by atoms with E-state index in [4.69, 9.17) is 27.6 Å². The third-order valence-corrected chi connectivity index (χ3v) is 4.64. The molecule has 1 heterocycles. The molecule has 0 aliphatic rings. The van der Waals surface area contributed by atoms with Gasteiger partial charge in [-0.2, -0.15) is 0 Å². The summed E-state index contributed by atoms with van der Waals surface area (Å²) in [6.07, 6.45) is 0. The number of amides is 1. The predicted octanol–water partition coefficient (Wildman–Crippen LogP) is 4.45. The maximum atomic E-state index is 11.9. The summed E-state index contributed by atoms with van der Waals surface area (Å²) in [5, 5.41) is 12.2. The number of aromatic nitrogens is 2. The van der Waals surface area contributed by atoms with Gasteiger partial charge in [0.25, 0.3) is 5.22 Å². The number of rotatable bonds is 6. The van der Waals surface area contributed by atoms with Crippen molar-refractivity contribution >= 4 is 40.9 Å². The molecule has 0 radical (unpaired) electrons. The van der Waals surface area contributed by atoms with Gasteiger partial charge in [0.05, 0.1) is 16.3 Å². The molecule has 0 aliphatic carbocycles. The highest BCUT2D eigenvalue weighted by Gasteiger charge is 2.13. The summed E-state index contributed by atoms with van der Waals surface area (Å²) in [6.45, 7) is 0.436.